The molecule has 0 spiro atoms. The van der Waals surface area contributed by atoms with Gasteiger partial charge < -0.3 is 15.4 Å². The van der Waals surface area contributed by atoms with Crippen molar-refractivity contribution in [3.63, 3.8) is 0 Å². The Kier molecular flexibility index (Phi) is 6.52. The van der Waals surface area contributed by atoms with Gasteiger partial charge in [0, 0.05) is 24.6 Å². The van der Waals surface area contributed by atoms with Crippen LogP contribution in [0.1, 0.15) is 40.4 Å². The molecule has 2 N–H and O–H groups in total. The van der Waals surface area contributed by atoms with Crippen LogP contribution in [0.5, 0.6) is 11.5 Å². The number of nitrogens with zero attached hydrogens (tertiary/aromatic N) is 2. The monoisotopic (exact) mass is 445 g/mol. The number of hydrogen-bond donors (Lipinski definition) is 1. The van der Waals surface area contributed by atoms with Crippen molar-refractivity contribution >= 4 is 23.2 Å². The standard InChI is InChI=1S/C25H23N3O3S/c1-2-6-21(29)28-15-13-18(14-16-28)25-27-22(23(32-25)24(26)30)17-9-11-20(12-10-17)31-19-7-4-3-5-8-19/h3-5,7-12,18H,13-16H2,1H3,(H2,26,30). The molecule has 0 saturated carbocycles. The zero-order chi connectivity index (χ0) is 22.5. The largest absolute Gasteiger partial charge is 0.457 e. The maximum absolute atomic E-state index is 12.1. The number of benzene rings is 2. The summed E-state index contributed by atoms with van der Waals surface area (Å²) in [4.78, 5) is 31.1. The number of hydrogen-bond acceptors (Lipinski definition) is 5. The van der Waals surface area contributed by atoms with E-state index in [0.717, 1.165) is 29.2 Å². The van der Waals surface area contributed by atoms with Crippen molar-refractivity contribution in [3.8, 4) is 34.6 Å². The number of para-hydroxylation sites is 1. The first-order valence-corrected chi connectivity index (χ1v) is 11.2. The van der Waals surface area contributed by atoms with E-state index in [9.17, 15) is 9.59 Å². The lowest BCUT2D eigenvalue weighted by Crippen LogP contribution is -2.37. The molecular weight excluding hydrogens is 422 g/mol. The van der Waals surface area contributed by atoms with Crippen LogP contribution in [0.3, 0.4) is 0 Å². The number of piperidine rings is 1. The smallest absolute Gasteiger partial charge is 0.298 e. The Hall–Kier alpha value is -3.63. The zero-order valence-corrected chi connectivity index (χ0v) is 18.5. The lowest BCUT2D eigenvalue weighted by molar-refractivity contribution is -0.126. The Labute approximate surface area is 191 Å². The summed E-state index contributed by atoms with van der Waals surface area (Å²) in [5, 5.41) is 0.882. The third-order valence-electron chi connectivity index (χ3n) is 5.34. The maximum atomic E-state index is 12.1. The van der Waals surface area contributed by atoms with E-state index in [1.165, 1.54) is 11.3 Å². The Morgan fingerprint density at radius 3 is 2.34 bits per heavy atom. The van der Waals surface area contributed by atoms with Crippen molar-refractivity contribution in [1.29, 1.82) is 0 Å². The Bertz CT molecular complexity index is 1170. The fraction of sp³-hybridized carbons (Fsp3) is 0.240. The lowest BCUT2D eigenvalue weighted by Gasteiger charge is -2.29. The number of ether oxygens (including phenoxy) is 1. The Morgan fingerprint density at radius 1 is 1.06 bits per heavy atom. The first kappa shape index (κ1) is 21.6. The first-order chi connectivity index (χ1) is 15.5. The van der Waals surface area contributed by atoms with Gasteiger partial charge in [0.2, 0.25) is 0 Å². The number of carbonyl (C=O) groups excluding carboxylic acids is 2. The molecule has 2 aromatic carbocycles. The van der Waals surface area contributed by atoms with Crippen LogP contribution in [0.15, 0.2) is 54.6 Å². The summed E-state index contributed by atoms with van der Waals surface area (Å²) in [7, 11) is 0. The second-order valence-electron chi connectivity index (χ2n) is 7.48. The molecule has 1 saturated heterocycles. The van der Waals surface area contributed by atoms with Crippen LogP contribution in [0.25, 0.3) is 11.3 Å². The SMILES string of the molecule is CC#CC(=O)N1CCC(c2nc(-c3ccc(Oc4ccccc4)cc3)c(C(N)=O)s2)CC1. The number of aromatic nitrogens is 1. The molecule has 2 amide bonds. The Morgan fingerprint density at radius 2 is 1.72 bits per heavy atom. The van der Waals surface area contributed by atoms with E-state index in [1.54, 1.807) is 11.8 Å². The third kappa shape index (κ3) is 4.82. The minimum absolute atomic E-state index is 0.138. The third-order valence-corrected chi connectivity index (χ3v) is 6.57. The lowest BCUT2D eigenvalue weighted by atomic mass is 9.97. The van der Waals surface area contributed by atoms with Gasteiger partial charge in [-0.1, -0.05) is 24.1 Å². The van der Waals surface area contributed by atoms with Crippen LogP contribution in [-0.4, -0.2) is 34.8 Å². The quantitative estimate of drug-likeness (QED) is 0.589. The zero-order valence-electron chi connectivity index (χ0n) is 17.7. The van der Waals surface area contributed by atoms with Crippen LogP contribution in [0, 0.1) is 11.8 Å². The fourth-order valence-corrected chi connectivity index (χ4v) is 4.80. The number of likely N-dealkylation sites (tertiary alicyclic amines) is 1. The van der Waals surface area contributed by atoms with Crippen LogP contribution in [0.2, 0.25) is 0 Å². The molecule has 0 radical (unpaired) electrons. The van der Waals surface area contributed by atoms with Gasteiger partial charge in [-0.25, -0.2) is 4.98 Å². The maximum Gasteiger partial charge on any atom is 0.298 e. The number of rotatable bonds is 5. The van der Waals surface area contributed by atoms with Crippen molar-refractivity contribution in [3.05, 3.63) is 64.5 Å². The molecule has 0 unspecified atom stereocenters. The van der Waals surface area contributed by atoms with Gasteiger partial charge in [0.05, 0.1) is 10.7 Å². The molecule has 162 valence electrons. The van der Waals surface area contributed by atoms with Gasteiger partial charge in [0.25, 0.3) is 11.8 Å². The van der Waals surface area contributed by atoms with E-state index >= 15 is 0 Å². The van der Waals surface area contributed by atoms with E-state index in [1.807, 2.05) is 54.6 Å². The highest BCUT2D eigenvalue weighted by molar-refractivity contribution is 7.14. The molecular formula is C25H23N3O3S. The molecule has 0 bridgehead atoms. The second-order valence-corrected chi connectivity index (χ2v) is 8.51. The predicted molar refractivity (Wildman–Crippen MR) is 125 cm³/mol. The van der Waals surface area contributed by atoms with Crippen LogP contribution in [0.4, 0.5) is 0 Å². The van der Waals surface area contributed by atoms with Gasteiger partial charge in [-0.3, -0.25) is 9.59 Å². The van der Waals surface area contributed by atoms with Gasteiger partial charge in [-0.2, -0.15) is 0 Å². The molecule has 3 aromatic rings. The highest BCUT2D eigenvalue weighted by Crippen LogP contribution is 2.36. The summed E-state index contributed by atoms with van der Waals surface area (Å²) >= 11 is 1.35. The highest BCUT2D eigenvalue weighted by Gasteiger charge is 2.27. The normalized spacial score (nSPS) is 13.8. The number of thiazole rings is 1. The molecule has 32 heavy (non-hydrogen) atoms. The molecule has 0 aliphatic carbocycles. The molecule has 1 aliphatic rings. The molecule has 1 fully saturated rings. The van der Waals surface area contributed by atoms with Gasteiger partial charge in [0.15, 0.2) is 0 Å². The summed E-state index contributed by atoms with van der Waals surface area (Å²) in [5.74, 6) is 6.26. The number of amides is 2. The first-order valence-electron chi connectivity index (χ1n) is 10.4. The molecule has 7 heteroatoms. The van der Waals surface area contributed by atoms with E-state index in [0.29, 0.717) is 29.4 Å². The van der Waals surface area contributed by atoms with Crippen molar-refractivity contribution in [1.82, 2.24) is 9.88 Å². The molecule has 4 rings (SSSR count). The molecule has 2 heterocycles. The Balaban J connectivity index is 1.52. The molecule has 1 aromatic heterocycles. The van der Waals surface area contributed by atoms with Crippen molar-refractivity contribution < 1.29 is 14.3 Å². The van der Waals surface area contributed by atoms with Gasteiger partial charge in [-0.05, 0) is 62.1 Å². The number of carbonyl (C=O) groups is 2. The highest BCUT2D eigenvalue weighted by atomic mass is 32.1. The second kappa shape index (κ2) is 9.67. The van der Waals surface area contributed by atoms with Gasteiger partial charge >= 0.3 is 0 Å². The molecule has 0 atom stereocenters. The molecule has 6 nitrogen and oxygen atoms in total. The average Bonchev–Trinajstić information content (AvgIpc) is 3.26. The van der Waals surface area contributed by atoms with Gasteiger partial charge in [-0.15, -0.1) is 11.3 Å². The van der Waals surface area contributed by atoms with Crippen LogP contribution in [-0.2, 0) is 4.79 Å². The summed E-state index contributed by atoms with van der Waals surface area (Å²) in [6.45, 7) is 2.92. The summed E-state index contributed by atoms with van der Waals surface area (Å²) in [5.41, 5.74) is 7.07. The van der Waals surface area contributed by atoms with E-state index in [2.05, 4.69) is 11.8 Å². The minimum Gasteiger partial charge on any atom is -0.457 e. The van der Waals surface area contributed by atoms with E-state index in [-0.39, 0.29) is 11.8 Å². The molecule has 1 aliphatic heterocycles. The minimum atomic E-state index is -0.487. The van der Waals surface area contributed by atoms with Crippen LogP contribution < -0.4 is 10.5 Å². The summed E-state index contributed by atoms with van der Waals surface area (Å²) in [6.07, 6.45) is 1.57. The van der Waals surface area contributed by atoms with E-state index < -0.39 is 5.91 Å². The average molecular weight is 446 g/mol. The number of primary amides is 1. The summed E-state index contributed by atoms with van der Waals surface area (Å²) in [6, 6.07) is 17.0. The number of nitrogens with two attached hydrogens (primary N) is 1. The van der Waals surface area contributed by atoms with Gasteiger partial charge in [0.1, 0.15) is 16.4 Å². The topological polar surface area (TPSA) is 85.5 Å². The van der Waals surface area contributed by atoms with E-state index in [4.69, 9.17) is 15.5 Å². The van der Waals surface area contributed by atoms with Crippen molar-refractivity contribution in [2.75, 3.05) is 13.1 Å². The van der Waals surface area contributed by atoms with Crippen molar-refractivity contribution in [2.24, 2.45) is 5.73 Å². The van der Waals surface area contributed by atoms with Crippen molar-refractivity contribution in [2.45, 2.75) is 25.7 Å². The predicted octanol–water partition coefficient (Wildman–Crippen LogP) is 4.43. The fourth-order valence-electron chi connectivity index (χ4n) is 3.69. The summed E-state index contributed by atoms with van der Waals surface area (Å²) < 4.78 is 5.84. The van der Waals surface area contributed by atoms with Crippen LogP contribution >= 0.6 is 11.3 Å².